The number of anilines is 1. The van der Waals surface area contributed by atoms with E-state index in [1.165, 1.54) is 10.4 Å². The van der Waals surface area contributed by atoms with Gasteiger partial charge in [-0.25, -0.2) is 13.1 Å². The van der Waals surface area contributed by atoms with Crippen LogP contribution in [0.2, 0.25) is 0 Å². The molecule has 1 N–H and O–H groups in total. The van der Waals surface area contributed by atoms with E-state index < -0.39 is 15.9 Å². The second-order valence-corrected chi connectivity index (χ2v) is 10.1. The number of ether oxygens (including phenoxy) is 1. The normalized spacial score (nSPS) is 15.1. The number of aromatic nitrogens is 2. The van der Waals surface area contributed by atoms with Gasteiger partial charge in [-0.05, 0) is 61.7 Å². The van der Waals surface area contributed by atoms with E-state index in [9.17, 15) is 13.2 Å². The Hall–Kier alpha value is -3.17. The Morgan fingerprint density at radius 2 is 1.79 bits per heavy atom. The predicted octanol–water partition coefficient (Wildman–Crippen LogP) is 4.01. The maximum Gasteiger partial charge on any atom is 0.276 e. The molecule has 174 valence electrons. The number of nitrogens with one attached hydrogen (secondary N) is 1. The molecule has 1 aromatic heterocycles. The van der Waals surface area contributed by atoms with Crippen molar-refractivity contribution in [1.82, 2.24) is 14.1 Å². The third kappa shape index (κ3) is 5.09. The highest BCUT2D eigenvalue weighted by atomic mass is 32.2. The molecule has 3 aromatic rings. The van der Waals surface area contributed by atoms with Crippen molar-refractivity contribution in [2.24, 2.45) is 0 Å². The van der Waals surface area contributed by atoms with Crippen molar-refractivity contribution in [3.63, 3.8) is 0 Å². The summed E-state index contributed by atoms with van der Waals surface area (Å²) in [4.78, 5) is 13.0. The molecule has 2 heterocycles. The molecule has 2 aromatic carbocycles. The molecule has 4 rings (SSSR count). The Balaban J connectivity index is 1.53. The molecule has 0 atom stereocenters. The summed E-state index contributed by atoms with van der Waals surface area (Å²) in [5, 5.41) is 7.14. The molecule has 0 bridgehead atoms. The number of sulfonamides is 1. The summed E-state index contributed by atoms with van der Waals surface area (Å²) in [6.45, 7) is 3.02. The lowest BCUT2D eigenvalue weighted by atomic mass is 10.2. The number of amides is 1. The quantitative estimate of drug-likeness (QED) is 0.590. The molecule has 8 nitrogen and oxygen atoms in total. The molecule has 1 fully saturated rings. The van der Waals surface area contributed by atoms with Crippen LogP contribution in [0.25, 0.3) is 5.69 Å². The smallest absolute Gasteiger partial charge is 0.276 e. The van der Waals surface area contributed by atoms with Gasteiger partial charge in [-0.1, -0.05) is 25.0 Å². The number of hydrogen-bond donors (Lipinski definition) is 1. The van der Waals surface area contributed by atoms with Crippen molar-refractivity contribution in [2.45, 2.75) is 37.5 Å². The lowest BCUT2D eigenvalue weighted by molar-refractivity contribution is 0.102. The number of aryl methyl sites for hydroxylation is 1. The van der Waals surface area contributed by atoms with E-state index in [-0.39, 0.29) is 10.6 Å². The van der Waals surface area contributed by atoms with E-state index in [2.05, 4.69) is 10.4 Å². The number of carbonyl (C=O) groups excluding carboxylic acids is 1. The summed E-state index contributed by atoms with van der Waals surface area (Å²) in [5.74, 6) is 0.215. The van der Waals surface area contributed by atoms with Gasteiger partial charge >= 0.3 is 0 Å². The van der Waals surface area contributed by atoms with Crippen molar-refractivity contribution >= 4 is 21.6 Å². The highest BCUT2D eigenvalue weighted by molar-refractivity contribution is 7.89. The standard InChI is InChI=1S/C24H28N4O4S/c1-18-10-11-23(32-2)22(16-18)28-15-12-21(26-28)24(29)25-19-8-7-9-20(17-19)33(30,31)27-13-5-3-4-6-14-27/h7-12,15-17H,3-6,13-14H2,1-2H3,(H,25,29). The lowest BCUT2D eigenvalue weighted by Crippen LogP contribution is -2.32. The van der Waals surface area contributed by atoms with Crippen LogP contribution in [0, 0.1) is 6.92 Å². The van der Waals surface area contributed by atoms with Gasteiger partial charge in [0.15, 0.2) is 5.69 Å². The Bertz CT molecular complexity index is 1240. The molecule has 1 saturated heterocycles. The van der Waals surface area contributed by atoms with Gasteiger partial charge in [0.25, 0.3) is 5.91 Å². The summed E-state index contributed by atoms with van der Waals surface area (Å²) in [5.41, 5.74) is 2.37. The molecule has 0 aliphatic carbocycles. The van der Waals surface area contributed by atoms with Crippen LogP contribution in [0.15, 0.2) is 59.6 Å². The Labute approximate surface area is 194 Å². The molecule has 1 aliphatic rings. The van der Waals surface area contributed by atoms with Crippen LogP contribution in [0.4, 0.5) is 5.69 Å². The first-order chi connectivity index (χ1) is 15.9. The topological polar surface area (TPSA) is 93.5 Å². The Morgan fingerprint density at radius 3 is 2.52 bits per heavy atom. The van der Waals surface area contributed by atoms with E-state index in [1.807, 2.05) is 25.1 Å². The van der Waals surface area contributed by atoms with Crippen LogP contribution in [0.3, 0.4) is 0 Å². The minimum atomic E-state index is -3.60. The first-order valence-electron chi connectivity index (χ1n) is 11.0. The third-order valence-electron chi connectivity index (χ3n) is 5.70. The van der Waals surface area contributed by atoms with Crippen molar-refractivity contribution in [1.29, 1.82) is 0 Å². The monoisotopic (exact) mass is 468 g/mol. The predicted molar refractivity (Wildman–Crippen MR) is 126 cm³/mol. The molecule has 9 heteroatoms. The van der Waals surface area contributed by atoms with E-state index in [1.54, 1.807) is 42.3 Å². The maximum atomic E-state index is 13.1. The Kier molecular flexibility index (Phi) is 6.80. The zero-order chi connectivity index (χ0) is 23.4. The minimum absolute atomic E-state index is 0.178. The zero-order valence-corrected chi connectivity index (χ0v) is 19.6. The van der Waals surface area contributed by atoms with E-state index in [4.69, 9.17) is 4.74 Å². The fraction of sp³-hybridized carbons (Fsp3) is 0.333. The summed E-state index contributed by atoms with van der Waals surface area (Å²) >= 11 is 0. The number of rotatable bonds is 6. The van der Waals surface area contributed by atoms with Gasteiger partial charge in [0.1, 0.15) is 11.4 Å². The molecule has 33 heavy (non-hydrogen) atoms. The molecule has 0 spiro atoms. The third-order valence-corrected chi connectivity index (χ3v) is 7.59. The molecule has 1 amide bonds. The fourth-order valence-corrected chi connectivity index (χ4v) is 5.48. The van der Waals surface area contributed by atoms with Gasteiger partial charge in [0, 0.05) is 25.0 Å². The van der Waals surface area contributed by atoms with Crippen molar-refractivity contribution in [3.05, 3.63) is 66.0 Å². The van der Waals surface area contributed by atoms with Crippen LogP contribution in [-0.4, -0.2) is 48.6 Å². The maximum absolute atomic E-state index is 13.1. The van der Waals surface area contributed by atoms with Crippen LogP contribution in [0.1, 0.15) is 41.7 Å². The van der Waals surface area contributed by atoms with Crippen molar-refractivity contribution in [2.75, 3.05) is 25.5 Å². The van der Waals surface area contributed by atoms with Crippen LogP contribution in [0.5, 0.6) is 5.75 Å². The zero-order valence-electron chi connectivity index (χ0n) is 18.8. The number of benzene rings is 2. The van der Waals surface area contributed by atoms with E-state index in [0.29, 0.717) is 24.5 Å². The second-order valence-electron chi connectivity index (χ2n) is 8.12. The van der Waals surface area contributed by atoms with Crippen molar-refractivity contribution < 1.29 is 17.9 Å². The average Bonchev–Trinajstić information content (AvgIpc) is 3.14. The second kappa shape index (κ2) is 9.76. The van der Waals surface area contributed by atoms with E-state index in [0.717, 1.165) is 36.9 Å². The molecule has 0 unspecified atom stereocenters. The minimum Gasteiger partial charge on any atom is -0.494 e. The summed E-state index contributed by atoms with van der Waals surface area (Å²) < 4.78 is 34.7. The van der Waals surface area contributed by atoms with Gasteiger partial charge in [0.05, 0.1) is 12.0 Å². The number of carbonyl (C=O) groups is 1. The summed E-state index contributed by atoms with van der Waals surface area (Å²) in [6, 6.07) is 13.7. The van der Waals surface area contributed by atoms with E-state index >= 15 is 0 Å². The number of nitrogens with zero attached hydrogens (tertiary/aromatic N) is 3. The largest absolute Gasteiger partial charge is 0.494 e. The molecular weight excluding hydrogens is 440 g/mol. The van der Waals surface area contributed by atoms with Gasteiger partial charge in [-0.3, -0.25) is 4.79 Å². The summed E-state index contributed by atoms with van der Waals surface area (Å²) in [6.07, 6.45) is 5.51. The average molecular weight is 469 g/mol. The van der Waals surface area contributed by atoms with Gasteiger partial charge in [-0.15, -0.1) is 0 Å². The van der Waals surface area contributed by atoms with Gasteiger partial charge in [-0.2, -0.15) is 9.40 Å². The van der Waals surface area contributed by atoms with Crippen LogP contribution >= 0.6 is 0 Å². The SMILES string of the molecule is COc1ccc(C)cc1-n1ccc(C(=O)Nc2cccc(S(=O)(=O)N3CCCCCC3)c2)n1. The highest BCUT2D eigenvalue weighted by Gasteiger charge is 2.25. The molecule has 1 aliphatic heterocycles. The molecule has 0 saturated carbocycles. The highest BCUT2D eigenvalue weighted by Crippen LogP contribution is 2.25. The lowest BCUT2D eigenvalue weighted by Gasteiger charge is -2.20. The first kappa shape index (κ1) is 23.0. The Morgan fingerprint density at radius 1 is 1.03 bits per heavy atom. The van der Waals surface area contributed by atoms with Crippen molar-refractivity contribution in [3.8, 4) is 11.4 Å². The molecular formula is C24H28N4O4S. The van der Waals surface area contributed by atoms with Gasteiger partial charge < -0.3 is 10.1 Å². The van der Waals surface area contributed by atoms with Crippen LogP contribution in [-0.2, 0) is 10.0 Å². The summed E-state index contributed by atoms with van der Waals surface area (Å²) in [7, 11) is -2.02. The van der Waals surface area contributed by atoms with Crippen LogP contribution < -0.4 is 10.1 Å². The number of hydrogen-bond acceptors (Lipinski definition) is 5. The van der Waals surface area contributed by atoms with Gasteiger partial charge in [0.2, 0.25) is 10.0 Å². The number of methoxy groups -OCH3 is 1. The first-order valence-corrected chi connectivity index (χ1v) is 12.4. The molecule has 0 radical (unpaired) electrons. The fourth-order valence-electron chi connectivity index (χ4n) is 3.92.